The minimum Gasteiger partial charge on any atom is -0.487 e. The predicted molar refractivity (Wildman–Crippen MR) is 150 cm³/mol. The van der Waals surface area contributed by atoms with Crippen molar-refractivity contribution in [1.29, 1.82) is 0 Å². The van der Waals surface area contributed by atoms with Crippen molar-refractivity contribution in [2.24, 2.45) is 0 Å². The molecule has 4 aromatic rings. The van der Waals surface area contributed by atoms with Gasteiger partial charge in [-0.1, -0.05) is 12.1 Å². The largest absolute Gasteiger partial charge is 0.487 e. The zero-order valence-electron chi connectivity index (χ0n) is 23.3. The summed E-state index contributed by atoms with van der Waals surface area (Å²) in [5, 5.41) is 4.78. The van der Waals surface area contributed by atoms with E-state index in [1.807, 2.05) is 74.1 Å². The maximum absolute atomic E-state index is 12.1. The van der Waals surface area contributed by atoms with Gasteiger partial charge < -0.3 is 19.1 Å². The van der Waals surface area contributed by atoms with Crippen LogP contribution in [-0.2, 0) is 22.4 Å². The van der Waals surface area contributed by atoms with Crippen molar-refractivity contribution in [2.75, 3.05) is 26.8 Å². The highest BCUT2D eigenvalue weighted by Crippen LogP contribution is 2.30. The number of rotatable bonds is 9. The summed E-state index contributed by atoms with van der Waals surface area (Å²) in [7, 11) is 1.68. The second-order valence-electron chi connectivity index (χ2n) is 10.7. The average Bonchev–Trinajstić information content (AvgIpc) is 3.34. The Labute approximate surface area is 234 Å². The van der Waals surface area contributed by atoms with Crippen molar-refractivity contribution in [3.63, 3.8) is 0 Å². The van der Waals surface area contributed by atoms with E-state index in [2.05, 4.69) is 9.97 Å². The molecule has 1 fully saturated rings. The van der Waals surface area contributed by atoms with Gasteiger partial charge in [-0.05, 0) is 56.7 Å². The Kier molecular flexibility index (Phi) is 8.06. The molecule has 0 bridgehead atoms. The van der Waals surface area contributed by atoms with Crippen LogP contribution in [0.3, 0.4) is 0 Å². The fourth-order valence-electron chi connectivity index (χ4n) is 4.31. The molecule has 1 aliphatic heterocycles. The van der Waals surface area contributed by atoms with Crippen molar-refractivity contribution in [1.82, 2.24) is 29.6 Å². The predicted octanol–water partition coefficient (Wildman–Crippen LogP) is 4.64. The number of carbonyl (C=O) groups is 1. The summed E-state index contributed by atoms with van der Waals surface area (Å²) in [4.78, 5) is 27.4. The molecule has 1 amide bonds. The van der Waals surface area contributed by atoms with Gasteiger partial charge in [-0.15, -0.1) is 0 Å². The Morgan fingerprint density at radius 2 is 1.88 bits per heavy atom. The lowest BCUT2D eigenvalue weighted by atomic mass is 10.1. The second kappa shape index (κ2) is 11.8. The molecule has 1 aliphatic rings. The van der Waals surface area contributed by atoms with Crippen molar-refractivity contribution < 1.29 is 19.0 Å². The lowest BCUT2D eigenvalue weighted by Gasteiger charge is -2.39. The zero-order chi connectivity index (χ0) is 28.1. The topological polar surface area (TPSA) is 104 Å². The number of aromatic nitrogens is 5. The number of pyridine rings is 1. The minimum absolute atomic E-state index is 0.0443. The van der Waals surface area contributed by atoms with Crippen LogP contribution < -0.4 is 4.74 Å². The minimum atomic E-state index is -0.504. The first-order valence-corrected chi connectivity index (χ1v) is 13.3. The summed E-state index contributed by atoms with van der Waals surface area (Å²) in [5.74, 6) is 1.47. The Hall–Kier alpha value is -4.31. The maximum atomic E-state index is 12.1. The van der Waals surface area contributed by atoms with Gasteiger partial charge in [0.05, 0.1) is 31.9 Å². The van der Waals surface area contributed by atoms with Crippen molar-refractivity contribution >= 4 is 6.09 Å². The molecule has 0 N–H and O–H groups in total. The third-order valence-electron chi connectivity index (χ3n) is 6.29. The number of amides is 1. The van der Waals surface area contributed by atoms with Gasteiger partial charge in [0.2, 0.25) is 0 Å². The van der Waals surface area contributed by atoms with Crippen molar-refractivity contribution in [3.8, 4) is 28.3 Å². The average molecular weight is 543 g/mol. The highest BCUT2D eigenvalue weighted by molar-refractivity contribution is 5.78. The monoisotopic (exact) mass is 542 g/mol. The fraction of sp³-hybridized carbons (Fsp3) is 0.367. The molecule has 0 spiro atoms. The van der Waals surface area contributed by atoms with Crippen LogP contribution in [-0.4, -0.2) is 74.2 Å². The molecule has 0 radical (unpaired) electrons. The Morgan fingerprint density at radius 1 is 1.07 bits per heavy atom. The highest BCUT2D eigenvalue weighted by atomic mass is 16.6. The van der Waals surface area contributed by atoms with E-state index in [9.17, 15) is 4.79 Å². The van der Waals surface area contributed by atoms with Crippen LogP contribution in [0.25, 0.3) is 22.5 Å². The molecular weight excluding hydrogens is 508 g/mol. The first-order chi connectivity index (χ1) is 19.3. The molecule has 5 rings (SSSR count). The summed E-state index contributed by atoms with van der Waals surface area (Å²) in [6.45, 7) is 7.81. The van der Waals surface area contributed by atoms with Gasteiger partial charge in [0, 0.05) is 49.4 Å². The number of benzene rings is 1. The van der Waals surface area contributed by atoms with Crippen LogP contribution in [0.4, 0.5) is 4.79 Å². The highest BCUT2D eigenvalue weighted by Gasteiger charge is 2.35. The molecule has 1 saturated heterocycles. The molecule has 0 atom stereocenters. The summed E-state index contributed by atoms with van der Waals surface area (Å²) >= 11 is 0. The van der Waals surface area contributed by atoms with Crippen molar-refractivity contribution in [2.45, 2.75) is 45.4 Å². The van der Waals surface area contributed by atoms with E-state index >= 15 is 0 Å². The van der Waals surface area contributed by atoms with E-state index in [4.69, 9.17) is 24.3 Å². The summed E-state index contributed by atoms with van der Waals surface area (Å²) in [6, 6.07) is 13.7. The first kappa shape index (κ1) is 27.3. The molecular formula is C30H34N6O4. The van der Waals surface area contributed by atoms with E-state index < -0.39 is 5.60 Å². The van der Waals surface area contributed by atoms with Gasteiger partial charge in [-0.2, -0.15) is 5.10 Å². The second-order valence-corrected chi connectivity index (χ2v) is 10.7. The van der Waals surface area contributed by atoms with E-state index in [-0.39, 0.29) is 12.2 Å². The van der Waals surface area contributed by atoms with E-state index in [1.165, 1.54) is 0 Å². The number of nitrogens with zero attached hydrogens (tertiary/aromatic N) is 6. The van der Waals surface area contributed by atoms with Gasteiger partial charge in [-0.3, -0.25) is 9.67 Å². The van der Waals surface area contributed by atoms with E-state index in [1.54, 1.807) is 30.6 Å². The van der Waals surface area contributed by atoms with Crippen LogP contribution in [0.1, 0.15) is 32.2 Å². The number of hydrogen-bond acceptors (Lipinski definition) is 8. The molecule has 10 heteroatoms. The fourth-order valence-corrected chi connectivity index (χ4v) is 4.31. The Bertz CT molecular complexity index is 1430. The van der Waals surface area contributed by atoms with Gasteiger partial charge in [0.15, 0.2) is 0 Å². The van der Waals surface area contributed by atoms with Crippen LogP contribution in [0.2, 0.25) is 0 Å². The first-order valence-electron chi connectivity index (χ1n) is 13.3. The Morgan fingerprint density at radius 3 is 2.58 bits per heavy atom. The third-order valence-corrected chi connectivity index (χ3v) is 6.29. The summed E-state index contributed by atoms with van der Waals surface area (Å²) in [6.07, 6.45) is 7.54. The molecule has 0 aliphatic carbocycles. The zero-order valence-corrected chi connectivity index (χ0v) is 23.3. The molecule has 0 saturated carbocycles. The van der Waals surface area contributed by atoms with Gasteiger partial charge in [-0.25, -0.2) is 14.8 Å². The number of likely N-dealkylation sites (tertiary alicyclic amines) is 1. The molecule has 40 heavy (non-hydrogen) atoms. The lowest BCUT2D eigenvalue weighted by molar-refractivity contribution is -0.0221. The van der Waals surface area contributed by atoms with Crippen LogP contribution >= 0.6 is 0 Å². The third kappa shape index (κ3) is 6.81. The number of hydrogen-bond donors (Lipinski definition) is 0. The van der Waals surface area contributed by atoms with Crippen LogP contribution in [0, 0.1) is 0 Å². The molecule has 3 aromatic heterocycles. The maximum Gasteiger partial charge on any atom is 0.410 e. The molecule has 1 aromatic carbocycles. The molecule has 4 heterocycles. The molecule has 208 valence electrons. The quantitative estimate of drug-likeness (QED) is 0.301. The normalized spacial score (nSPS) is 13.7. The SMILES string of the molecule is COCCn1cc(-c2ccnc(Cc3ccc(OC4CN(C(=O)OC(C)(C)C)C4)cc3)n2)c(-c2cccnc2)n1. The summed E-state index contributed by atoms with van der Waals surface area (Å²) in [5.41, 5.74) is 4.01. The molecule has 0 unspecified atom stereocenters. The lowest BCUT2D eigenvalue weighted by Crippen LogP contribution is -2.57. The number of methoxy groups -OCH3 is 1. The van der Waals surface area contributed by atoms with E-state index in [0.29, 0.717) is 38.5 Å². The summed E-state index contributed by atoms with van der Waals surface area (Å²) < 4.78 is 18.5. The number of carbonyl (C=O) groups excluding carboxylic acids is 1. The van der Waals surface area contributed by atoms with Gasteiger partial charge >= 0.3 is 6.09 Å². The smallest absolute Gasteiger partial charge is 0.410 e. The van der Waals surface area contributed by atoms with Gasteiger partial charge in [0.25, 0.3) is 0 Å². The Balaban J connectivity index is 1.24. The van der Waals surface area contributed by atoms with Gasteiger partial charge in [0.1, 0.15) is 29.0 Å². The van der Waals surface area contributed by atoms with Crippen LogP contribution in [0.5, 0.6) is 5.75 Å². The van der Waals surface area contributed by atoms with E-state index in [0.717, 1.165) is 33.8 Å². The van der Waals surface area contributed by atoms with Crippen molar-refractivity contribution in [3.05, 3.63) is 78.6 Å². The van der Waals surface area contributed by atoms with Crippen LogP contribution in [0.15, 0.2) is 67.3 Å². The standard InChI is InChI=1S/C30H34N6O4/c1-30(2,3)40-29(37)35-18-24(19-35)39-23-9-7-21(8-10-23)16-27-32-13-11-26(33-27)25-20-36(14-15-38-4)34-28(25)22-6-5-12-31-17-22/h5-13,17,20,24H,14-16,18-19H2,1-4H3. The number of ether oxygens (including phenoxy) is 3. The molecule has 10 nitrogen and oxygen atoms in total.